The highest BCUT2D eigenvalue weighted by molar-refractivity contribution is 5.80. The molecule has 0 saturated carbocycles. The van der Waals surface area contributed by atoms with Crippen LogP contribution in [0.1, 0.15) is 52.0 Å². The normalized spacial score (nSPS) is 13.1. The highest BCUT2D eigenvalue weighted by Gasteiger charge is 2.41. The summed E-state index contributed by atoms with van der Waals surface area (Å²) in [4.78, 5) is 5.63. The largest absolute Gasteiger partial charge is 0.488 e. The van der Waals surface area contributed by atoms with Crippen molar-refractivity contribution in [2.24, 2.45) is 0 Å². The monoisotopic (exact) mass is 693 g/mol. The Morgan fingerprint density at radius 2 is 1.19 bits per heavy atom. The molecule has 5 aromatic carbocycles. The summed E-state index contributed by atoms with van der Waals surface area (Å²) in [5.41, 5.74) is 5.91. The number of pyridine rings is 1. The van der Waals surface area contributed by atoms with Crippen LogP contribution in [-0.2, 0) is 31.2 Å². The van der Waals surface area contributed by atoms with Crippen LogP contribution in [0.2, 0.25) is 0 Å². The second-order valence-corrected chi connectivity index (χ2v) is 12.9. The van der Waals surface area contributed by atoms with Gasteiger partial charge in [0.05, 0.1) is 0 Å². The Labute approximate surface area is 299 Å². The predicted molar refractivity (Wildman–Crippen MR) is 194 cm³/mol. The zero-order valence-corrected chi connectivity index (χ0v) is 28.2. The lowest BCUT2D eigenvalue weighted by molar-refractivity contribution is -0.141. The van der Waals surface area contributed by atoms with E-state index in [1.165, 1.54) is 0 Å². The van der Waals surface area contributed by atoms with Crippen LogP contribution in [0, 0.1) is 0 Å². The summed E-state index contributed by atoms with van der Waals surface area (Å²) in [6, 6.07) is 47.4. The van der Waals surface area contributed by atoms with Crippen LogP contribution in [0.15, 0.2) is 146 Å². The molecule has 1 aliphatic carbocycles. The molecule has 0 aliphatic heterocycles. The first-order valence-corrected chi connectivity index (χ1v) is 17.3. The average Bonchev–Trinajstić information content (AvgIpc) is 3.69. The van der Waals surface area contributed by atoms with Gasteiger partial charge in [0, 0.05) is 22.9 Å². The summed E-state index contributed by atoms with van der Waals surface area (Å²) >= 11 is 0. The predicted octanol–water partition coefficient (Wildman–Crippen LogP) is 9.72. The highest BCUT2D eigenvalue weighted by atomic mass is 19.4. The third kappa shape index (κ3) is 6.23. The summed E-state index contributed by atoms with van der Waals surface area (Å²) in [6.45, 7) is 0.131. The van der Waals surface area contributed by atoms with Crippen molar-refractivity contribution in [3.63, 3.8) is 0 Å². The SMILES string of the molecule is FC(F)(F)c1cc(OCc2ccc(-c3ccccc3-c3nnn(C(c4ccccc4)(c4ccccc4)c4ccccc4)n3)cc2)c2c(n1)CCCC2. The van der Waals surface area contributed by atoms with E-state index in [0.717, 1.165) is 63.4 Å². The first-order chi connectivity index (χ1) is 25.4. The Balaban J connectivity index is 1.12. The minimum atomic E-state index is -4.54. The van der Waals surface area contributed by atoms with Crippen molar-refractivity contribution in [3.05, 3.63) is 185 Å². The van der Waals surface area contributed by atoms with Gasteiger partial charge in [-0.3, -0.25) is 0 Å². The van der Waals surface area contributed by atoms with Gasteiger partial charge in [-0.25, -0.2) is 4.98 Å². The molecular formula is C43H34F3N5O. The minimum Gasteiger partial charge on any atom is -0.488 e. The fourth-order valence-electron chi connectivity index (χ4n) is 7.16. The lowest BCUT2D eigenvalue weighted by atomic mass is 9.77. The van der Waals surface area contributed by atoms with E-state index in [1.54, 1.807) is 4.80 Å². The van der Waals surface area contributed by atoms with Gasteiger partial charge in [-0.15, -0.1) is 15.0 Å². The van der Waals surface area contributed by atoms with Crippen molar-refractivity contribution in [1.82, 2.24) is 25.2 Å². The maximum Gasteiger partial charge on any atom is 0.433 e. The second kappa shape index (κ2) is 13.9. The number of aryl methyl sites for hydroxylation is 1. The number of benzene rings is 5. The molecule has 0 saturated heterocycles. The molecule has 0 bridgehead atoms. The standard InChI is InChI=1S/C43H34F3N5O/c44-43(45,46)40-28-39(37-22-12-13-23-38(37)47-40)52-29-30-24-26-31(27-25-30)35-20-10-11-21-36(35)41-48-50-51(49-41)42(32-14-4-1-5-15-32,33-16-6-2-7-17-33)34-18-8-3-9-19-34/h1-11,14-21,24-28H,12-13,22-23,29H2. The number of rotatable bonds is 9. The van der Waals surface area contributed by atoms with E-state index in [1.807, 2.05) is 103 Å². The molecule has 0 fully saturated rings. The molecule has 8 rings (SSSR count). The van der Waals surface area contributed by atoms with E-state index in [4.69, 9.17) is 15.0 Å². The van der Waals surface area contributed by atoms with E-state index in [0.29, 0.717) is 24.4 Å². The van der Waals surface area contributed by atoms with Gasteiger partial charge in [-0.2, -0.15) is 13.2 Å². The molecule has 1 aliphatic rings. The molecule has 0 radical (unpaired) electrons. The molecular weight excluding hydrogens is 660 g/mol. The van der Waals surface area contributed by atoms with Gasteiger partial charge in [0.2, 0.25) is 5.82 Å². The molecule has 0 atom stereocenters. The summed E-state index contributed by atoms with van der Waals surface area (Å²) < 4.78 is 46.9. The quantitative estimate of drug-likeness (QED) is 0.141. The lowest BCUT2D eigenvalue weighted by Gasteiger charge is -2.34. The molecule has 7 aromatic rings. The Morgan fingerprint density at radius 1 is 0.635 bits per heavy atom. The van der Waals surface area contributed by atoms with Crippen molar-refractivity contribution in [1.29, 1.82) is 0 Å². The molecule has 258 valence electrons. The summed E-state index contributed by atoms with van der Waals surface area (Å²) in [5, 5.41) is 14.5. The Bertz CT molecular complexity index is 2190. The highest BCUT2D eigenvalue weighted by Crippen LogP contribution is 2.41. The van der Waals surface area contributed by atoms with Crippen LogP contribution in [0.4, 0.5) is 13.2 Å². The smallest absolute Gasteiger partial charge is 0.433 e. The number of aromatic nitrogens is 5. The Hall–Kier alpha value is -6.09. The van der Waals surface area contributed by atoms with E-state index in [9.17, 15) is 13.2 Å². The van der Waals surface area contributed by atoms with Gasteiger partial charge in [0.25, 0.3) is 0 Å². The van der Waals surface area contributed by atoms with Crippen LogP contribution in [0.25, 0.3) is 22.5 Å². The molecule has 2 heterocycles. The molecule has 9 heteroatoms. The van der Waals surface area contributed by atoms with Crippen molar-refractivity contribution < 1.29 is 17.9 Å². The number of alkyl halides is 3. The third-order valence-corrected chi connectivity index (χ3v) is 9.67. The Kier molecular flexibility index (Phi) is 8.85. The van der Waals surface area contributed by atoms with E-state index in [-0.39, 0.29) is 12.4 Å². The number of nitrogens with zero attached hydrogens (tertiary/aromatic N) is 5. The summed E-state index contributed by atoms with van der Waals surface area (Å²) in [5.74, 6) is 0.733. The minimum absolute atomic E-state index is 0.131. The van der Waals surface area contributed by atoms with E-state index >= 15 is 0 Å². The van der Waals surface area contributed by atoms with Crippen LogP contribution < -0.4 is 4.74 Å². The topological polar surface area (TPSA) is 65.7 Å². The second-order valence-electron chi connectivity index (χ2n) is 12.9. The molecule has 0 spiro atoms. The van der Waals surface area contributed by atoms with Gasteiger partial charge in [-0.05, 0) is 64.3 Å². The number of fused-ring (bicyclic) bond motifs is 1. The van der Waals surface area contributed by atoms with Crippen LogP contribution in [0.3, 0.4) is 0 Å². The summed E-state index contributed by atoms with van der Waals surface area (Å²) in [7, 11) is 0. The first kappa shape index (κ1) is 33.1. The molecule has 0 unspecified atom stereocenters. The van der Waals surface area contributed by atoms with Crippen molar-refractivity contribution in [3.8, 4) is 28.3 Å². The average molecular weight is 694 g/mol. The van der Waals surface area contributed by atoms with Crippen molar-refractivity contribution in [2.45, 2.75) is 44.0 Å². The number of hydrogen-bond donors (Lipinski definition) is 0. The molecule has 0 amide bonds. The van der Waals surface area contributed by atoms with Crippen LogP contribution >= 0.6 is 0 Å². The zero-order valence-electron chi connectivity index (χ0n) is 28.2. The van der Waals surface area contributed by atoms with Gasteiger partial charge >= 0.3 is 6.18 Å². The maximum absolute atomic E-state index is 13.6. The van der Waals surface area contributed by atoms with Crippen molar-refractivity contribution >= 4 is 0 Å². The number of ether oxygens (including phenoxy) is 1. The van der Waals surface area contributed by atoms with Gasteiger partial charge in [-0.1, -0.05) is 140 Å². The lowest BCUT2D eigenvalue weighted by Crippen LogP contribution is -2.39. The van der Waals surface area contributed by atoms with E-state index < -0.39 is 17.4 Å². The van der Waals surface area contributed by atoms with Gasteiger partial charge in [0.1, 0.15) is 18.1 Å². The van der Waals surface area contributed by atoms with Gasteiger partial charge in [0.15, 0.2) is 5.54 Å². The zero-order chi connectivity index (χ0) is 35.5. The fraction of sp³-hybridized carbons (Fsp3) is 0.163. The number of halogens is 3. The van der Waals surface area contributed by atoms with E-state index in [2.05, 4.69) is 46.5 Å². The third-order valence-electron chi connectivity index (χ3n) is 9.67. The Morgan fingerprint density at radius 3 is 1.79 bits per heavy atom. The first-order valence-electron chi connectivity index (χ1n) is 17.3. The molecule has 2 aromatic heterocycles. The van der Waals surface area contributed by atoms with Gasteiger partial charge < -0.3 is 4.74 Å². The number of tetrazole rings is 1. The maximum atomic E-state index is 13.6. The van der Waals surface area contributed by atoms with Crippen LogP contribution in [0.5, 0.6) is 5.75 Å². The fourth-order valence-corrected chi connectivity index (χ4v) is 7.16. The number of hydrogen-bond acceptors (Lipinski definition) is 5. The molecule has 52 heavy (non-hydrogen) atoms. The molecule has 0 N–H and O–H groups in total. The summed E-state index contributed by atoms with van der Waals surface area (Å²) in [6.07, 6.45) is -1.63. The molecule has 6 nitrogen and oxygen atoms in total. The van der Waals surface area contributed by atoms with Crippen LogP contribution in [-0.4, -0.2) is 25.2 Å². The van der Waals surface area contributed by atoms with Crippen molar-refractivity contribution in [2.75, 3.05) is 0 Å².